The molecule has 3 amide bonds. The van der Waals surface area contributed by atoms with Crippen molar-refractivity contribution in [2.24, 2.45) is 0 Å². The van der Waals surface area contributed by atoms with Gasteiger partial charge in [-0.05, 0) is 40.0 Å². The summed E-state index contributed by atoms with van der Waals surface area (Å²) in [7, 11) is 0. The summed E-state index contributed by atoms with van der Waals surface area (Å²) in [5, 5.41) is 4.45. The Morgan fingerprint density at radius 1 is 1.25 bits per heavy atom. The van der Waals surface area contributed by atoms with Crippen LogP contribution in [0.4, 0.5) is 9.59 Å². The van der Waals surface area contributed by atoms with Crippen molar-refractivity contribution in [3.63, 3.8) is 0 Å². The van der Waals surface area contributed by atoms with Crippen LogP contribution in [0.5, 0.6) is 0 Å². The molecule has 2 saturated heterocycles. The number of ether oxygens (including phenoxy) is 2. The summed E-state index contributed by atoms with van der Waals surface area (Å²) in [6.45, 7) is 8.92. The minimum atomic E-state index is -0.516. The van der Waals surface area contributed by atoms with Crippen molar-refractivity contribution in [2.75, 3.05) is 39.4 Å². The van der Waals surface area contributed by atoms with Gasteiger partial charge in [0, 0.05) is 19.6 Å². The van der Waals surface area contributed by atoms with Crippen LogP contribution in [-0.4, -0.2) is 73.1 Å². The molecule has 2 fully saturated rings. The Bertz CT molecular complexity index is 430. The first-order chi connectivity index (χ1) is 11.4. The van der Waals surface area contributed by atoms with Crippen molar-refractivity contribution in [3.8, 4) is 0 Å². The monoisotopic (exact) mass is 342 g/mol. The number of carbonyl (C=O) groups excluding carboxylic acids is 2. The van der Waals surface area contributed by atoms with E-state index < -0.39 is 5.60 Å². The number of likely N-dealkylation sites (tertiary alicyclic amines) is 1. The highest BCUT2D eigenvalue weighted by atomic mass is 16.6. The van der Waals surface area contributed by atoms with Gasteiger partial charge in [0.2, 0.25) is 0 Å². The van der Waals surface area contributed by atoms with Crippen LogP contribution in [0.15, 0.2) is 0 Å². The molecule has 0 aliphatic carbocycles. The van der Waals surface area contributed by atoms with Gasteiger partial charge in [-0.1, -0.05) is 0 Å². The Hall–Kier alpha value is -1.54. The van der Waals surface area contributed by atoms with Gasteiger partial charge in [0.05, 0.1) is 25.8 Å². The number of urea groups is 1. The van der Waals surface area contributed by atoms with Crippen molar-refractivity contribution in [1.82, 2.24) is 20.7 Å². The standard InChI is InChI=1S/C16H30N4O4/c1-16(2,3)24-15(22)19-8-5-4-6-13(19)12-17-14(21)20-9-11-23-10-7-18-20/h13,18H,4-12H2,1-3H3,(H,17,21). The second kappa shape index (κ2) is 8.53. The molecule has 2 aliphatic rings. The highest BCUT2D eigenvalue weighted by Crippen LogP contribution is 2.20. The third-order valence-corrected chi connectivity index (χ3v) is 4.00. The van der Waals surface area contributed by atoms with E-state index in [0.29, 0.717) is 39.4 Å². The van der Waals surface area contributed by atoms with E-state index in [0.717, 1.165) is 19.3 Å². The molecule has 0 radical (unpaired) electrons. The summed E-state index contributed by atoms with van der Waals surface area (Å²) in [6.07, 6.45) is 2.59. The van der Waals surface area contributed by atoms with Gasteiger partial charge in [-0.2, -0.15) is 0 Å². The van der Waals surface area contributed by atoms with E-state index >= 15 is 0 Å². The maximum atomic E-state index is 12.4. The Labute approximate surface area is 143 Å². The van der Waals surface area contributed by atoms with E-state index in [1.807, 2.05) is 20.8 Å². The van der Waals surface area contributed by atoms with E-state index in [-0.39, 0.29) is 18.2 Å². The third kappa shape index (κ3) is 5.83. The lowest BCUT2D eigenvalue weighted by molar-refractivity contribution is 0.00999. The highest BCUT2D eigenvalue weighted by Gasteiger charge is 2.31. The molecule has 2 rings (SSSR count). The molecule has 2 heterocycles. The second-order valence-electron chi connectivity index (χ2n) is 7.18. The van der Waals surface area contributed by atoms with Gasteiger partial charge in [0.25, 0.3) is 0 Å². The number of nitrogens with zero attached hydrogens (tertiary/aromatic N) is 2. The van der Waals surface area contributed by atoms with E-state index in [1.54, 1.807) is 4.90 Å². The maximum Gasteiger partial charge on any atom is 0.410 e. The van der Waals surface area contributed by atoms with E-state index in [2.05, 4.69) is 10.7 Å². The molecule has 2 aliphatic heterocycles. The fourth-order valence-corrected chi connectivity index (χ4v) is 2.84. The maximum absolute atomic E-state index is 12.4. The zero-order valence-electron chi connectivity index (χ0n) is 15.0. The van der Waals surface area contributed by atoms with Crippen LogP contribution in [0.2, 0.25) is 0 Å². The molecule has 24 heavy (non-hydrogen) atoms. The number of amides is 3. The summed E-state index contributed by atoms with van der Waals surface area (Å²) in [5.74, 6) is 0. The molecule has 8 nitrogen and oxygen atoms in total. The van der Waals surface area contributed by atoms with Gasteiger partial charge >= 0.3 is 12.1 Å². The quantitative estimate of drug-likeness (QED) is 0.791. The SMILES string of the molecule is CC(C)(C)OC(=O)N1CCCCC1CNC(=O)N1CCOCCN1. The molecule has 2 N–H and O–H groups in total. The molecule has 0 aromatic rings. The first-order valence-corrected chi connectivity index (χ1v) is 8.73. The van der Waals surface area contributed by atoms with Gasteiger partial charge < -0.3 is 19.7 Å². The molecule has 8 heteroatoms. The molecule has 138 valence electrons. The predicted octanol–water partition coefficient (Wildman–Crippen LogP) is 1.32. The third-order valence-electron chi connectivity index (χ3n) is 4.00. The summed E-state index contributed by atoms with van der Waals surface area (Å²) in [6, 6.07) is -0.212. The summed E-state index contributed by atoms with van der Waals surface area (Å²) < 4.78 is 10.8. The van der Waals surface area contributed by atoms with Crippen LogP contribution in [0, 0.1) is 0 Å². The Morgan fingerprint density at radius 3 is 2.79 bits per heavy atom. The summed E-state index contributed by atoms with van der Waals surface area (Å²) in [4.78, 5) is 26.4. The lowest BCUT2D eigenvalue weighted by atomic mass is 10.0. The van der Waals surface area contributed by atoms with Crippen LogP contribution in [0.3, 0.4) is 0 Å². The molecule has 0 bridgehead atoms. The minimum absolute atomic E-state index is 0.0271. The first-order valence-electron chi connectivity index (χ1n) is 8.73. The normalized spacial score (nSPS) is 22.7. The Balaban J connectivity index is 1.86. The fourth-order valence-electron chi connectivity index (χ4n) is 2.84. The zero-order valence-corrected chi connectivity index (χ0v) is 15.0. The fraction of sp³-hybridized carbons (Fsp3) is 0.875. The average Bonchev–Trinajstić information content (AvgIpc) is 2.80. The van der Waals surface area contributed by atoms with Crippen LogP contribution in [-0.2, 0) is 9.47 Å². The van der Waals surface area contributed by atoms with Gasteiger partial charge in [-0.3, -0.25) is 5.01 Å². The lowest BCUT2D eigenvalue weighted by Gasteiger charge is -2.37. The van der Waals surface area contributed by atoms with Crippen molar-refractivity contribution in [1.29, 1.82) is 0 Å². The molecule has 0 saturated carbocycles. The van der Waals surface area contributed by atoms with Crippen LogP contribution >= 0.6 is 0 Å². The average molecular weight is 342 g/mol. The number of rotatable bonds is 2. The molecule has 0 aromatic heterocycles. The first kappa shape index (κ1) is 18.8. The largest absolute Gasteiger partial charge is 0.444 e. The molecule has 0 aromatic carbocycles. The number of nitrogens with one attached hydrogen (secondary N) is 2. The van der Waals surface area contributed by atoms with Gasteiger partial charge in [-0.15, -0.1) is 0 Å². The number of hydrogen-bond donors (Lipinski definition) is 2. The number of carbonyl (C=O) groups is 2. The van der Waals surface area contributed by atoms with Crippen LogP contribution in [0.1, 0.15) is 40.0 Å². The van der Waals surface area contributed by atoms with Gasteiger partial charge in [0.1, 0.15) is 5.60 Å². The van der Waals surface area contributed by atoms with Crippen molar-refractivity contribution in [3.05, 3.63) is 0 Å². The Morgan fingerprint density at radius 2 is 2.04 bits per heavy atom. The minimum Gasteiger partial charge on any atom is -0.444 e. The van der Waals surface area contributed by atoms with Crippen LogP contribution < -0.4 is 10.7 Å². The topological polar surface area (TPSA) is 83.1 Å². The van der Waals surface area contributed by atoms with Crippen molar-refractivity contribution >= 4 is 12.1 Å². The molecule has 1 atom stereocenters. The molecule has 0 spiro atoms. The van der Waals surface area contributed by atoms with Gasteiger partial charge in [0.15, 0.2) is 0 Å². The second-order valence-corrected chi connectivity index (χ2v) is 7.18. The van der Waals surface area contributed by atoms with Crippen molar-refractivity contribution < 1.29 is 19.1 Å². The molecular formula is C16H30N4O4. The van der Waals surface area contributed by atoms with Gasteiger partial charge in [-0.25, -0.2) is 15.0 Å². The smallest absolute Gasteiger partial charge is 0.410 e. The molecular weight excluding hydrogens is 312 g/mol. The summed E-state index contributed by atoms with van der Waals surface area (Å²) in [5.41, 5.74) is 2.51. The van der Waals surface area contributed by atoms with Crippen LogP contribution in [0.25, 0.3) is 0 Å². The summed E-state index contributed by atoms with van der Waals surface area (Å²) >= 11 is 0. The van der Waals surface area contributed by atoms with E-state index in [9.17, 15) is 9.59 Å². The number of piperidine rings is 1. The number of hydrazine groups is 1. The predicted molar refractivity (Wildman–Crippen MR) is 89.5 cm³/mol. The van der Waals surface area contributed by atoms with E-state index in [4.69, 9.17) is 9.47 Å². The van der Waals surface area contributed by atoms with E-state index in [1.165, 1.54) is 5.01 Å². The highest BCUT2D eigenvalue weighted by molar-refractivity contribution is 5.74. The molecule has 1 unspecified atom stereocenters. The number of hydrogen-bond acceptors (Lipinski definition) is 5. The zero-order chi connectivity index (χ0) is 17.6. The lowest BCUT2D eigenvalue weighted by Crippen LogP contribution is -2.54. The van der Waals surface area contributed by atoms with Crippen molar-refractivity contribution in [2.45, 2.75) is 51.7 Å². The Kier molecular flexibility index (Phi) is 6.68.